The average Bonchev–Trinajstić information content (AvgIpc) is 3.38. The topological polar surface area (TPSA) is 75.9 Å². The van der Waals surface area contributed by atoms with Gasteiger partial charge in [-0.15, -0.1) is 0 Å². The van der Waals surface area contributed by atoms with E-state index in [1.54, 1.807) is 7.05 Å². The van der Waals surface area contributed by atoms with Crippen LogP contribution in [0.3, 0.4) is 0 Å². The molecule has 29 heavy (non-hydrogen) atoms. The number of benzene rings is 2. The molecule has 0 amide bonds. The van der Waals surface area contributed by atoms with Crippen molar-refractivity contribution in [2.45, 2.75) is 25.4 Å². The Balaban J connectivity index is 1.53. The van der Waals surface area contributed by atoms with Crippen molar-refractivity contribution in [3.8, 4) is 0 Å². The van der Waals surface area contributed by atoms with Gasteiger partial charge in [0.15, 0.2) is 5.65 Å². The molecule has 1 unspecified atom stereocenters. The smallest absolute Gasteiger partial charge is 0.332 e. The first-order chi connectivity index (χ1) is 14.0. The highest BCUT2D eigenvalue weighted by atomic mass is 16.2. The van der Waals surface area contributed by atoms with E-state index in [0.29, 0.717) is 29.6 Å². The zero-order valence-electron chi connectivity index (χ0n) is 16.6. The highest BCUT2D eigenvalue weighted by molar-refractivity contribution is 5.86. The fourth-order valence-corrected chi connectivity index (χ4v) is 4.55. The molecule has 0 bridgehead atoms. The van der Waals surface area contributed by atoms with Gasteiger partial charge in [0.05, 0.1) is 6.54 Å². The summed E-state index contributed by atoms with van der Waals surface area (Å²) in [7, 11) is 3.13. The number of imidazole rings is 1. The molecule has 1 fully saturated rings. The Kier molecular flexibility index (Phi) is 4.13. The third-order valence-electron chi connectivity index (χ3n) is 6.04. The van der Waals surface area contributed by atoms with Crippen LogP contribution in [-0.2, 0) is 20.6 Å². The van der Waals surface area contributed by atoms with E-state index in [2.05, 4.69) is 57.3 Å². The molecule has 148 valence electrons. The van der Waals surface area contributed by atoms with Crippen molar-refractivity contribution in [2.24, 2.45) is 14.1 Å². The molecule has 7 heteroatoms. The Hall–Kier alpha value is -3.19. The van der Waals surface area contributed by atoms with Gasteiger partial charge in [-0.05, 0) is 35.7 Å². The number of aryl methyl sites for hydroxylation is 1. The number of likely N-dealkylation sites (tertiary alicyclic amines) is 1. The summed E-state index contributed by atoms with van der Waals surface area (Å²) in [5, 5.41) is 2.53. The summed E-state index contributed by atoms with van der Waals surface area (Å²) in [4.78, 5) is 34.8. The van der Waals surface area contributed by atoms with Gasteiger partial charge >= 0.3 is 5.69 Å². The molecule has 0 aliphatic carbocycles. The van der Waals surface area contributed by atoms with Gasteiger partial charge in [-0.1, -0.05) is 42.5 Å². The second kappa shape index (κ2) is 6.70. The molecule has 5 rings (SSSR count). The van der Waals surface area contributed by atoms with E-state index in [-0.39, 0.29) is 11.2 Å². The number of aromatic nitrogens is 4. The van der Waals surface area contributed by atoms with Crippen LogP contribution in [0.1, 0.15) is 30.3 Å². The van der Waals surface area contributed by atoms with Crippen LogP contribution in [0.5, 0.6) is 0 Å². The monoisotopic (exact) mass is 389 g/mol. The maximum Gasteiger partial charge on any atom is 0.332 e. The third-order valence-corrected chi connectivity index (χ3v) is 6.04. The van der Waals surface area contributed by atoms with Gasteiger partial charge in [-0.2, -0.15) is 0 Å². The minimum absolute atomic E-state index is 0.306. The van der Waals surface area contributed by atoms with Crippen molar-refractivity contribution < 1.29 is 0 Å². The van der Waals surface area contributed by atoms with Gasteiger partial charge in [-0.3, -0.25) is 18.8 Å². The molecule has 1 aliphatic rings. The van der Waals surface area contributed by atoms with Crippen LogP contribution in [0.2, 0.25) is 0 Å². The molecule has 2 aromatic carbocycles. The molecule has 1 atom stereocenters. The van der Waals surface area contributed by atoms with Crippen LogP contribution >= 0.6 is 0 Å². The lowest BCUT2D eigenvalue weighted by molar-refractivity contribution is 0.244. The molecule has 1 aliphatic heterocycles. The molecule has 1 saturated heterocycles. The van der Waals surface area contributed by atoms with E-state index in [9.17, 15) is 9.59 Å². The molecule has 0 radical (unpaired) electrons. The number of nitrogens with zero attached hydrogens (tertiary/aromatic N) is 4. The summed E-state index contributed by atoms with van der Waals surface area (Å²) in [5.41, 5.74) is 1.42. The van der Waals surface area contributed by atoms with Crippen LogP contribution in [0.25, 0.3) is 21.9 Å². The minimum atomic E-state index is -0.365. The number of H-pyrrole nitrogens is 1. The van der Waals surface area contributed by atoms with E-state index in [1.807, 2.05) is 0 Å². The molecule has 3 heterocycles. The summed E-state index contributed by atoms with van der Waals surface area (Å²) < 4.78 is 2.53. The lowest BCUT2D eigenvalue weighted by atomic mass is 9.97. The van der Waals surface area contributed by atoms with E-state index in [1.165, 1.54) is 28.0 Å². The zero-order valence-corrected chi connectivity index (χ0v) is 16.6. The standard InChI is InChI=1S/C22H23N5O2/c1-25-20-19(21(28)26(2)22(25)29)23-18(24-20)13-27-12-6-11-17(27)16-10-5-8-14-7-3-4-9-15(14)16/h3-5,7-10,17H,6,11-13H2,1-2H3,(H,23,24). The predicted octanol–water partition coefficient (Wildman–Crippen LogP) is 2.45. The number of nitrogens with one attached hydrogen (secondary N) is 1. The maximum atomic E-state index is 12.4. The first kappa shape index (κ1) is 17.9. The summed E-state index contributed by atoms with van der Waals surface area (Å²) in [5.74, 6) is 0.713. The quantitative estimate of drug-likeness (QED) is 0.584. The van der Waals surface area contributed by atoms with E-state index >= 15 is 0 Å². The Morgan fingerprint density at radius 3 is 2.72 bits per heavy atom. The molecule has 4 aromatic rings. The Bertz CT molecular complexity index is 1340. The highest BCUT2D eigenvalue weighted by Gasteiger charge is 2.28. The van der Waals surface area contributed by atoms with Gasteiger partial charge in [-0.25, -0.2) is 9.78 Å². The van der Waals surface area contributed by atoms with Crippen molar-refractivity contribution in [3.05, 3.63) is 74.7 Å². The molecule has 1 N–H and O–H groups in total. The molecular weight excluding hydrogens is 366 g/mol. The minimum Gasteiger partial charge on any atom is -0.335 e. The number of hydrogen-bond donors (Lipinski definition) is 1. The van der Waals surface area contributed by atoms with Crippen LogP contribution in [-0.4, -0.2) is 30.5 Å². The summed E-state index contributed by atoms with van der Waals surface area (Å²) in [6, 6.07) is 15.3. The summed E-state index contributed by atoms with van der Waals surface area (Å²) in [6.07, 6.45) is 2.21. The zero-order chi connectivity index (χ0) is 20.1. The molecule has 0 saturated carbocycles. The van der Waals surface area contributed by atoms with E-state index in [4.69, 9.17) is 0 Å². The van der Waals surface area contributed by atoms with Crippen molar-refractivity contribution in [2.75, 3.05) is 6.54 Å². The predicted molar refractivity (Wildman–Crippen MR) is 113 cm³/mol. The number of fused-ring (bicyclic) bond motifs is 2. The van der Waals surface area contributed by atoms with Crippen LogP contribution in [0, 0.1) is 0 Å². The number of hydrogen-bond acceptors (Lipinski definition) is 4. The first-order valence-corrected chi connectivity index (χ1v) is 9.91. The van der Waals surface area contributed by atoms with Crippen molar-refractivity contribution >= 4 is 21.9 Å². The fraction of sp³-hybridized carbons (Fsp3) is 0.318. The summed E-state index contributed by atoms with van der Waals surface area (Å²) >= 11 is 0. The molecule has 2 aromatic heterocycles. The Morgan fingerprint density at radius 2 is 1.86 bits per heavy atom. The maximum absolute atomic E-state index is 12.4. The van der Waals surface area contributed by atoms with Gasteiger partial charge < -0.3 is 4.98 Å². The molecular formula is C22H23N5O2. The molecule has 7 nitrogen and oxygen atoms in total. The summed E-state index contributed by atoms with van der Waals surface area (Å²) in [6.45, 7) is 1.59. The van der Waals surface area contributed by atoms with Gasteiger partial charge in [0, 0.05) is 20.1 Å². The van der Waals surface area contributed by atoms with Crippen LogP contribution < -0.4 is 11.2 Å². The lowest BCUT2D eigenvalue weighted by Crippen LogP contribution is -2.36. The van der Waals surface area contributed by atoms with Crippen molar-refractivity contribution in [1.29, 1.82) is 0 Å². The largest absolute Gasteiger partial charge is 0.335 e. The Morgan fingerprint density at radius 1 is 1.07 bits per heavy atom. The van der Waals surface area contributed by atoms with Gasteiger partial charge in [0.1, 0.15) is 11.3 Å². The second-order valence-electron chi connectivity index (χ2n) is 7.78. The SMILES string of the molecule is Cn1c(=O)c2[nH]c(CN3CCCC3c3cccc4ccccc34)nc2n(C)c1=O. The highest BCUT2D eigenvalue weighted by Crippen LogP contribution is 2.36. The third kappa shape index (κ3) is 2.81. The van der Waals surface area contributed by atoms with Crippen molar-refractivity contribution in [1.82, 2.24) is 24.0 Å². The van der Waals surface area contributed by atoms with Crippen molar-refractivity contribution in [3.63, 3.8) is 0 Å². The van der Waals surface area contributed by atoms with Gasteiger partial charge in [0.2, 0.25) is 0 Å². The van der Waals surface area contributed by atoms with Crippen LogP contribution in [0.4, 0.5) is 0 Å². The lowest BCUT2D eigenvalue weighted by Gasteiger charge is -2.25. The van der Waals surface area contributed by atoms with E-state index < -0.39 is 0 Å². The molecule has 0 spiro atoms. The second-order valence-corrected chi connectivity index (χ2v) is 7.78. The normalized spacial score (nSPS) is 17.5. The fourth-order valence-electron chi connectivity index (χ4n) is 4.55. The van der Waals surface area contributed by atoms with Gasteiger partial charge in [0.25, 0.3) is 5.56 Å². The van der Waals surface area contributed by atoms with E-state index in [0.717, 1.165) is 24.0 Å². The number of rotatable bonds is 3. The number of aromatic amines is 1. The Labute approximate surface area is 167 Å². The van der Waals surface area contributed by atoms with Crippen LogP contribution in [0.15, 0.2) is 52.1 Å². The average molecular weight is 389 g/mol. The first-order valence-electron chi connectivity index (χ1n) is 9.91.